The zero-order valence-corrected chi connectivity index (χ0v) is 10.5. The van der Waals surface area contributed by atoms with Crippen molar-refractivity contribution in [2.75, 3.05) is 5.75 Å². The van der Waals surface area contributed by atoms with Crippen molar-refractivity contribution < 1.29 is 9.32 Å². The SMILES string of the molecule is CC/C=C/C(O)C[S@@](=O)c1ccc(C)cc1. The summed E-state index contributed by atoms with van der Waals surface area (Å²) in [6.07, 6.45) is 3.85. The van der Waals surface area contributed by atoms with Crippen molar-refractivity contribution in [3.05, 3.63) is 42.0 Å². The van der Waals surface area contributed by atoms with E-state index in [2.05, 4.69) is 0 Å². The third kappa shape index (κ3) is 4.29. The molecule has 1 aromatic rings. The Morgan fingerprint density at radius 1 is 1.38 bits per heavy atom. The van der Waals surface area contributed by atoms with Crippen LogP contribution in [-0.2, 0) is 10.8 Å². The van der Waals surface area contributed by atoms with Crippen LogP contribution < -0.4 is 0 Å². The Morgan fingerprint density at radius 3 is 2.56 bits per heavy atom. The van der Waals surface area contributed by atoms with Gasteiger partial charge in [-0.15, -0.1) is 0 Å². The molecule has 1 rings (SSSR count). The van der Waals surface area contributed by atoms with Gasteiger partial charge < -0.3 is 5.11 Å². The zero-order valence-electron chi connectivity index (χ0n) is 9.72. The molecule has 0 radical (unpaired) electrons. The maximum absolute atomic E-state index is 11.8. The van der Waals surface area contributed by atoms with Crippen LogP contribution in [0.25, 0.3) is 0 Å². The fourth-order valence-electron chi connectivity index (χ4n) is 1.29. The molecular weight excluding hydrogens is 220 g/mol. The fraction of sp³-hybridized carbons (Fsp3) is 0.385. The number of rotatable bonds is 5. The third-order valence-corrected chi connectivity index (χ3v) is 3.64. The molecule has 0 saturated heterocycles. The van der Waals surface area contributed by atoms with E-state index in [-0.39, 0.29) is 5.75 Å². The summed E-state index contributed by atoms with van der Waals surface area (Å²) in [6.45, 7) is 3.99. The Bertz CT molecular complexity index is 368. The van der Waals surface area contributed by atoms with E-state index in [4.69, 9.17) is 0 Å². The van der Waals surface area contributed by atoms with Crippen LogP contribution in [0.1, 0.15) is 18.9 Å². The molecule has 2 nitrogen and oxygen atoms in total. The first-order chi connectivity index (χ1) is 7.63. The van der Waals surface area contributed by atoms with Crippen LogP contribution in [0.5, 0.6) is 0 Å². The van der Waals surface area contributed by atoms with Gasteiger partial charge in [0, 0.05) is 4.90 Å². The molecule has 0 aliphatic rings. The smallest absolute Gasteiger partial charge is 0.0839 e. The monoisotopic (exact) mass is 238 g/mol. The Hall–Kier alpha value is -0.930. The molecule has 0 aromatic heterocycles. The van der Waals surface area contributed by atoms with Crippen molar-refractivity contribution in [3.63, 3.8) is 0 Å². The Balaban J connectivity index is 2.58. The first-order valence-electron chi connectivity index (χ1n) is 5.43. The van der Waals surface area contributed by atoms with Crippen LogP contribution in [0.4, 0.5) is 0 Å². The number of hydrogen-bond acceptors (Lipinski definition) is 2. The van der Waals surface area contributed by atoms with E-state index in [0.717, 1.165) is 16.9 Å². The van der Waals surface area contributed by atoms with Crippen molar-refractivity contribution in [1.82, 2.24) is 0 Å². The Kier molecular flexibility index (Phi) is 5.43. The summed E-state index contributed by atoms with van der Waals surface area (Å²) in [5.74, 6) is 0.263. The lowest BCUT2D eigenvalue weighted by atomic mass is 10.2. The molecule has 0 aliphatic carbocycles. The second-order valence-electron chi connectivity index (χ2n) is 3.73. The highest BCUT2D eigenvalue weighted by Crippen LogP contribution is 2.09. The van der Waals surface area contributed by atoms with Gasteiger partial charge in [-0.25, -0.2) is 0 Å². The lowest BCUT2D eigenvalue weighted by molar-refractivity contribution is 0.247. The summed E-state index contributed by atoms with van der Waals surface area (Å²) in [7, 11) is -1.13. The molecule has 88 valence electrons. The minimum absolute atomic E-state index is 0.263. The van der Waals surface area contributed by atoms with Crippen LogP contribution in [0.2, 0.25) is 0 Å². The van der Waals surface area contributed by atoms with Crippen LogP contribution in [-0.4, -0.2) is 21.2 Å². The van der Waals surface area contributed by atoms with Gasteiger partial charge in [0.1, 0.15) is 0 Å². The minimum atomic E-state index is -1.13. The van der Waals surface area contributed by atoms with Gasteiger partial charge in [-0.3, -0.25) is 4.21 Å². The highest BCUT2D eigenvalue weighted by molar-refractivity contribution is 7.85. The summed E-state index contributed by atoms with van der Waals surface area (Å²) in [5.41, 5.74) is 1.15. The maximum atomic E-state index is 11.8. The van der Waals surface area contributed by atoms with Crippen molar-refractivity contribution in [2.24, 2.45) is 0 Å². The van der Waals surface area contributed by atoms with Gasteiger partial charge in [-0.05, 0) is 25.5 Å². The van der Waals surface area contributed by atoms with Crippen LogP contribution in [0, 0.1) is 6.92 Å². The zero-order chi connectivity index (χ0) is 12.0. The van der Waals surface area contributed by atoms with E-state index in [1.165, 1.54) is 0 Å². The second-order valence-corrected chi connectivity index (χ2v) is 5.22. The van der Waals surface area contributed by atoms with Crippen LogP contribution >= 0.6 is 0 Å². The molecule has 2 atom stereocenters. The predicted octanol–water partition coefficient (Wildman–Crippen LogP) is 2.43. The normalized spacial score (nSPS) is 15.2. The molecule has 16 heavy (non-hydrogen) atoms. The second kappa shape index (κ2) is 6.61. The molecule has 0 spiro atoms. The summed E-state index contributed by atoms with van der Waals surface area (Å²) >= 11 is 0. The lowest BCUT2D eigenvalue weighted by Crippen LogP contribution is -2.13. The molecule has 0 fully saturated rings. The van der Waals surface area contributed by atoms with Gasteiger partial charge >= 0.3 is 0 Å². The molecule has 0 bridgehead atoms. The van der Waals surface area contributed by atoms with E-state index < -0.39 is 16.9 Å². The number of hydrogen-bond donors (Lipinski definition) is 1. The molecule has 3 heteroatoms. The molecule has 1 unspecified atom stereocenters. The van der Waals surface area contributed by atoms with E-state index in [1.54, 1.807) is 6.08 Å². The largest absolute Gasteiger partial charge is 0.388 e. The van der Waals surface area contributed by atoms with Gasteiger partial charge in [-0.1, -0.05) is 36.8 Å². The van der Waals surface area contributed by atoms with Gasteiger partial charge in [0.25, 0.3) is 0 Å². The van der Waals surface area contributed by atoms with E-state index in [9.17, 15) is 9.32 Å². The molecule has 1 N–H and O–H groups in total. The van der Waals surface area contributed by atoms with Crippen LogP contribution in [0.3, 0.4) is 0 Å². The minimum Gasteiger partial charge on any atom is -0.388 e. The fourth-order valence-corrected chi connectivity index (χ4v) is 2.34. The number of aliphatic hydroxyl groups excluding tert-OH is 1. The van der Waals surface area contributed by atoms with Crippen molar-refractivity contribution in [2.45, 2.75) is 31.3 Å². The first kappa shape index (κ1) is 13.1. The first-order valence-corrected chi connectivity index (χ1v) is 6.75. The number of aliphatic hydroxyl groups is 1. The predicted molar refractivity (Wildman–Crippen MR) is 67.9 cm³/mol. The summed E-state index contributed by atoms with van der Waals surface area (Å²) in [6, 6.07) is 7.56. The van der Waals surface area contributed by atoms with Crippen molar-refractivity contribution in [1.29, 1.82) is 0 Å². The average molecular weight is 238 g/mol. The highest BCUT2D eigenvalue weighted by atomic mass is 32.2. The van der Waals surface area contributed by atoms with E-state index >= 15 is 0 Å². The van der Waals surface area contributed by atoms with E-state index in [0.29, 0.717) is 0 Å². The summed E-state index contributed by atoms with van der Waals surface area (Å²) in [5, 5.41) is 9.59. The van der Waals surface area contributed by atoms with Crippen molar-refractivity contribution in [3.8, 4) is 0 Å². The van der Waals surface area contributed by atoms with Crippen LogP contribution in [0.15, 0.2) is 41.3 Å². The van der Waals surface area contributed by atoms with Crippen molar-refractivity contribution >= 4 is 10.8 Å². The van der Waals surface area contributed by atoms with E-state index in [1.807, 2.05) is 44.2 Å². The molecule has 1 aromatic carbocycles. The summed E-state index contributed by atoms with van der Waals surface area (Å²) < 4.78 is 11.8. The Labute approximate surface area is 99.5 Å². The highest BCUT2D eigenvalue weighted by Gasteiger charge is 2.08. The van der Waals surface area contributed by atoms with Gasteiger partial charge in [0.15, 0.2) is 0 Å². The number of allylic oxidation sites excluding steroid dienone is 1. The Morgan fingerprint density at radius 2 is 2.00 bits per heavy atom. The third-order valence-electron chi connectivity index (χ3n) is 2.20. The topological polar surface area (TPSA) is 37.3 Å². The quantitative estimate of drug-likeness (QED) is 0.800. The maximum Gasteiger partial charge on any atom is 0.0839 e. The number of benzene rings is 1. The lowest BCUT2D eigenvalue weighted by Gasteiger charge is -2.06. The molecule has 0 aliphatic heterocycles. The average Bonchev–Trinajstić information content (AvgIpc) is 2.27. The van der Waals surface area contributed by atoms with Gasteiger partial charge in [-0.2, -0.15) is 0 Å². The molecule has 0 amide bonds. The van der Waals surface area contributed by atoms with Gasteiger partial charge in [0.2, 0.25) is 0 Å². The standard InChI is InChI=1S/C13H18O2S/c1-3-4-5-12(14)10-16(15)13-8-6-11(2)7-9-13/h4-9,12,14H,3,10H2,1-2H3/b5-4+/t12?,16-/m1/s1. The van der Waals surface area contributed by atoms with Gasteiger partial charge in [0.05, 0.1) is 22.7 Å². The molecular formula is C13H18O2S. The molecule has 0 heterocycles. The summed E-state index contributed by atoms with van der Waals surface area (Å²) in [4.78, 5) is 0.773. The molecule has 0 saturated carbocycles. The number of aryl methyl sites for hydroxylation is 1.